The van der Waals surface area contributed by atoms with E-state index in [0.29, 0.717) is 23.7 Å². The van der Waals surface area contributed by atoms with Gasteiger partial charge in [0.25, 0.3) is 0 Å². The van der Waals surface area contributed by atoms with E-state index >= 15 is 0 Å². The third kappa shape index (κ3) is 5.18. The number of benzene rings is 1. The van der Waals surface area contributed by atoms with E-state index in [2.05, 4.69) is 20.5 Å². The van der Waals surface area contributed by atoms with Crippen molar-refractivity contribution in [2.45, 2.75) is 32.7 Å². The van der Waals surface area contributed by atoms with Gasteiger partial charge in [-0.05, 0) is 37.6 Å². The predicted octanol–water partition coefficient (Wildman–Crippen LogP) is 3.71. The fraction of sp³-hybridized carbons (Fsp3) is 0.333. The Bertz CT molecular complexity index is 683. The highest BCUT2D eigenvalue weighted by Gasteiger charge is 2.31. The summed E-state index contributed by atoms with van der Waals surface area (Å²) in [5, 5.41) is 9.20. The Balaban J connectivity index is 1.97. The van der Waals surface area contributed by atoms with Gasteiger partial charge in [0.05, 0.1) is 0 Å². The molecule has 0 saturated carbocycles. The number of amides is 1. The number of nitrogens with zero attached hydrogens (tertiary/aromatic N) is 1. The summed E-state index contributed by atoms with van der Waals surface area (Å²) in [5.74, 6) is 0.197. The molecule has 2 rings (SSSR count). The molecule has 24 heavy (non-hydrogen) atoms. The van der Waals surface area contributed by atoms with Crippen molar-refractivity contribution in [3.8, 4) is 5.75 Å². The fourth-order valence-electron chi connectivity index (χ4n) is 1.95. The summed E-state index contributed by atoms with van der Waals surface area (Å²) in [7, 11) is 0. The second-order valence-corrected chi connectivity index (χ2v) is 4.99. The molecule has 0 radical (unpaired) electrons. The minimum Gasteiger partial charge on any atom is -0.406 e. The van der Waals surface area contributed by atoms with Crippen LogP contribution >= 0.6 is 0 Å². The van der Waals surface area contributed by atoms with Crippen LogP contribution in [0.4, 0.5) is 24.7 Å². The SMILES string of the molecule is CC[C@H](Nc1ccc(OC(F)(F)F)cc1)C(=O)Nc1cc(C)on1. The molecule has 0 aliphatic rings. The summed E-state index contributed by atoms with van der Waals surface area (Å²) in [4.78, 5) is 12.2. The van der Waals surface area contributed by atoms with Gasteiger partial charge < -0.3 is 19.9 Å². The summed E-state index contributed by atoms with van der Waals surface area (Å²) >= 11 is 0. The van der Waals surface area contributed by atoms with Crippen LogP contribution in [0.5, 0.6) is 5.75 Å². The summed E-state index contributed by atoms with van der Waals surface area (Å²) in [6, 6.07) is 6.13. The molecule has 0 aliphatic heterocycles. The lowest BCUT2D eigenvalue weighted by Gasteiger charge is -2.17. The van der Waals surface area contributed by atoms with Crippen LogP contribution in [0.2, 0.25) is 0 Å². The molecule has 0 unspecified atom stereocenters. The number of alkyl halides is 3. The summed E-state index contributed by atoms with van der Waals surface area (Å²) in [5.41, 5.74) is 0.489. The quantitative estimate of drug-likeness (QED) is 0.836. The minimum atomic E-state index is -4.74. The maximum atomic E-state index is 12.2. The highest BCUT2D eigenvalue weighted by atomic mass is 19.4. The topological polar surface area (TPSA) is 76.4 Å². The van der Waals surface area contributed by atoms with Crippen LogP contribution in [0.3, 0.4) is 0 Å². The maximum absolute atomic E-state index is 12.2. The van der Waals surface area contributed by atoms with E-state index in [1.807, 2.05) is 0 Å². The second-order valence-electron chi connectivity index (χ2n) is 4.99. The summed E-state index contributed by atoms with van der Waals surface area (Å²) in [6.07, 6.45) is -4.28. The Morgan fingerprint density at radius 3 is 2.50 bits per heavy atom. The van der Waals surface area contributed by atoms with E-state index in [9.17, 15) is 18.0 Å². The zero-order valence-electron chi connectivity index (χ0n) is 13.0. The van der Waals surface area contributed by atoms with Gasteiger partial charge >= 0.3 is 6.36 Å². The van der Waals surface area contributed by atoms with Crippen LogP contribution in [0, 0.1) is 6.92 Å². The number of rotatable bonds is 6. The van der Waals surface area contributed by atoms with Crippen molar-refractivity contribution in [1.29, 1.82) is 0 Å². The molecule has 1 aromatic carbocycles. The van der Waals surface area contributed by atoms with Crippen LogP contribution in [-0.4, -0.2) is 23.5 Å². The van der Waals surface area contributed by atoms with E-state index < -0.39 is 12.4 Å². The van der Waals surface area contributed by atoms with Crippen LogP contribution in [0.15, 0.2) is 34.9 Å². The lowest BCUT2D eigenvalue weighted by atomic mass is 10.2. The van der Waals surface area contributed by atoms with Crippen molar-refractivity contribution in [3.05, 3.63) is 36.1 Å². The molecule has 0 fully saturated rings. The Morgan fingerprint density at radius 2 is 2.00 bits per heavy atom. The lowest BCUT2D eigenvalue weighted by molar-refractivity contribution is -0.274. The van der Waals surface area contributed by atoms with Gasteiger partial charge in [0, 0.05) is 11.8 Å². The molecule has 0 spiro atoms. The Morgan fingerprint density at radius 1 is 1.33 bits per heavy atom. The first-order chi connectivity index (χ1) is 11.3. The number of carbonyl (C=O) groups excluding carboxylic acids is 1. The second kappa shape index (κ2) is 7.24. The third-order valence-electron chi connectivity index (χ3n) is 3.03. The van der Waals surface area contributed by atoms with Crippen molar-refractivity contribution in [1.82, 2.24) is 5.16 Å². The molecule has 1 heterocycles. The van der Waals surface area contributed by atoms with Crippen molar-refractivity contribution in [2.75, 3.05) is 10.6 Å². The first kappa shape index (κ1) is 17.6. The van der Waals surface area contributed by atoms with E-state index in [1.54, 1.807) is 19.9 Å². The van der Waals surface area contributed by atoms with Crippen LogP contribution in [0.25, 0.3) is 0 Å². The molecule has 0 bridgehead atoms. The van der Waals surface area contributed by atoms with Crippen LogP contribution < -0.4 is 15.4 Å². The molecular weight excluding hydrogens is 327 g/mol. The Kier molecular flexibility index (Phi) is 5.32. The van der Waals surface area contributed by atoms with E-state index in [-0.39, 0.29) is 11.7 Å². The van der Waals surface area contributed by atoms with Crippen molar-refractivity contribution in [3.63, 3.8) is 0 Å². The van der Waals surface area contributed by atoms with E-state index in [4.69, 9.17) is 4.52 Å². The lowest BCUT2D eigenvalue weighted by Crippen LogP contribution is -2.34. The first-order valence-corrected chi connectivity index (χ1v) is 7.13. The molecule has 1 aromatic heterocycles. The highest BCUT2D eigenvalue weighted by Crippen LogP contribution is 2.24. The van der Waals surface area contributed by atoms with Gasteiger partial charge in [0.1, 0.15) is 17.6 Å². The molecule has 9 heteroatoms. The molecule has 0 saturated heterocycles. The van der Waals surface area contributed by atoms with Crippen molar-refractivity contribution in [2.24, 2.45) is 0 Å². The molecular formula is C15H16F3N3O3. The Hall–Kier alpha value is -2.71. The molecule has 1 atom stereocenters. The number of hydrogen-bond acceptors (Lipinski definition) is 5. The molecule has 0 aliphatic carbocycles. The summed E-state index contributed by atoms with van der Waals surface area (Å²) < 4.78 is 45.0. The predicted molar refractivity (Wildman–Crippen MR) is 80.7 cm³/mol. The average Bonchev–Trinajstić information content (AvgIpc) is 2.90. The van der Waals surface area contributed by atoms with Gasteiger partial charge in [-0.2, -0.15) is 0 Å². The van der Waals surface area contributed by atoms with Crippen molar-refractivity contribution >= 4 is 17.4 Å². The number of halogens is 3. The van der Waals surface area contributed by atoms with E-state index in [1.165, 1.54) is 24.3 Å². The number of hydrogen-bond donors (Lipinski definition) is 2. The fourth-order valence-corrected chi connectivity index (χ4v) is 1.95. The van der Waals surface area contributed by atoms with Crippen molar-refractivity contribution < 1.29 is 27.2 Å². The number of aryl methyl sites for hydroxylation is 1. The largest absolute Gasteiger partial charge is 0.573 e. The standard InChI is InChI=1S/C15H16F3N3O3/c1-3-12(14(22)20-13-8-9(2)24-21-13)19-10-4-6-11(7-5-10)23-15(16,17)18/h4-8,12,19H,3H2,1-2H3,(H,20,21,22)/t12-/m0/s1. The number of aromatic nitrogens is 1. The highest BCUT2D eigenvalue weighted by molar-refractivity contribution is 5.95. The third-order valence-corrected chi connectivity index (χ3v) is 3.03. The monoisotopic (exact) mass is 343 g/mol. The maximum Gasteiger partial charge on any atom is 0.573 e. The Labute approximate surface area is 136 Å². The number of ether oxygens (including phenoxy) is 1. The first-order valence-electron chi connectivity index (χ1n) is 7.13. The molecule has 2 aromatic rings. The van der Waals surface area contributed by atoms with Crippen LogP contribution in [-0.2, 0) is 4.79 Å². The summed E-state index contributed by atoms with van der Waals surface area (Å²) in [6.45, 7) is 3.50. The number of nitrogens with one attached hydrogen (secondary N) is 2. The molecule has 2 N–H and O–H groups in total. The molecule has 1 amide bonds. The smallest absolute Gasteiger partial charge is 0.406 e. The van der Waals surface area contributed by atoms with Crippen LogP contribution in [0.1, 0.15) is 19.1 Å². The number of anilines is 2. The normalized spacial score (nSPS) is 12.5. The number of carbonyl (C=O) groups is 1. The van der Waals surface area contributed by atoms with E-state index in [0.717, 1.165) is 0 Å². The van der Waals surface area contributed by atoms with Gasteiger partial charge in [-0.25, -0.2) is 0 Å². The zero-order chi connectivity index (χ0) is 17.7. The minimum absolute atomic E-state index is 0.298. The van der Waals surface area contributed by atoms with Gasteiger partial charge in [0.15, 0.2) is 5.82 Å². The van der Waals surface area contributed by atoms with Gasteiger partial charge in [-0.3, -0.25) is 4.79 Å². The average molecular weight is 343 g/mol. The molecule has 6 nitrogen and oxygen atoms in total. The molecule has 130 valence electrons. The zero-order valence-corrected chi connectivity index (χ0v) is 13.0. The van der Waals surface area contributed by atoms with Gasteiger partial charge in [0.2, 0.25) is 5.91 Å². The van der Waals surface area contributed by atoms with Gasteiger partial charge in [-0.15, -0.1) is 13.2 Å². The van der Waals surface area contributed by atoms with Gasteiger partial charge in [-0.1, -0.05) is 12.1 Å².